The Morgan fingerprint density at radius 2 is 1.95 bits per heavy atom. The van der Waals surface area contributed by atoms with E-state index in [9.17, 15) is 15.0 Å². The van der Waals surface area contributed by atoms with Gasteiger partial charge in [-0.15, -0.1) is 0 Å². The van der Waals surface area contributed by atoms with Gasteiger partial charge in [0.1, 0.15) is 6.54 Å². The van der Waals surface area contributed by atoms with Crippen LogP contribution in [0.25, 0.3) is 0 Å². The molecule has 0 amide bonds. The van der Waals surface area contributed by atoms with Crippen LogP contribution < -0.4 is 0 Å². The average molecular weight is 266 g/mol. The number of phenolic OH excluding ortho intramolecular Hbond substituents is 2. The van der Waals surface area contributed by atoms with Gasteiger partial charge in [-0.3, -0.25) is 4.79 Å². The van der Waals surface area contributed by atoms with Crippen LogP contribution in [0.4, 0.5) is 0 Å². The molecular weight excluding hydrogens is 246 g/mol. The van der Waals surface area contributed by atoms with Crippen LogP contribution in [0.1, 0.15) is 18.4 Å². The summed E-state index contributed by atoms with van der Waals surface area (Å²) in [5.74, 6) is -1.14. The second kappa shape index (κ2) is 5.09. The highest BCUT2D eigenvalue weighted by atomic mass is 16.4. The van der Waals surface area contributed by atoms with Gasteiger partial charge in [-0.25, -0.2) is 0 Å². The molecule has 1 aromatic carbocycles. The lowest BCUT2D eigenvalue weighted by atomic mass is 9.95. The van der Waals surface area contributed by atoms with Crippen molar-refractivity contribution >= 4 is 5.97 Å². The Balaban J connectivity index is 2.07. The van der Waals surface area contributed by atoms with Crippen molar-refractivity contribution in [2.24, 2.45) is 5.92 Å². The van der Waals surface area contributed by atoms with Crippen LogP contribution >= 0.6 is 0 Å². The van der Waals surface area contributed by atoms with Gasteiger partial charge >= 0.3 is 5.97 Å². The lowest BCUT2D eigenvalue weighted by Gasteiger charge is -2.39. The summed E-state index contributed by atoms with van der Waals surface area (Å²) in [6.45, 7) is 2.14. The van der Waals surface area contributed by atoms with Crippen LogP contribution in [-0.4, -0.2) is 45.9 Å². The van der Waals surface area contributed by atoms with E-state index in [0.29, 0.717) is 29.4 Å². The van der Waals surface area contributed by atoms with Crippen molar-refractivity contribution in [2.75, 3.05) is 20.1 Å². The van der Waals surface area contributed by atoms with E-state index in [1.807, 2.05) is 0 Å². The second-order valence-corrected chi connectivity index (χ2v) is 5.62. The molecule has 5 nitrogen and oxygen atoms in total. The molecule has 0 bridgehead atoms. The standard InChI is InChI=1S/C14H19NO4/c1-15(7-5-10(6-8-15)14(18)19)9-11-3-2-4-12(16)13(11)17/h2-4,10H,5-9H2,1H3,(H2-,16,17,18,19)/p+1. The monoisotopic (exact) mass is 266 g/mol. The number of hydrogen-bond acceptors (Lipinski definition) is 3. The zero-order valence-electron chi connectivity index (χ0n) is 11.0. The van der Waals surface area contributed by atoms with E-state index in [1.165, 1.54) is 6.07 Å². The van der Waals surface area contributed by atoms with Crippen molar-refractivity contribution in [3.8, 4) is 11.5 Å². The molecule has 0 saturated carbocycles. The summed E-state index contributed by atoms with van der Waals surface area (Å²) >= 11 is 0. The number of quaternary nitrogens is 1. The Kier molecular flexibility index (Phi) is 3.66. The first-order chi connectivity index (χ1) is 8.91. The van der Waals surface area contributed by atoms with E-state index in [-0.39, 0.29) is 17.4 Å². The molecule has 3 N–H and O–H groups in total. The maximum Gasteiger partial charge on any atom is 0.306 e. The Hall–Kier alpha value is -1.75. The normalized spacial score (nSPS) is 27.1. The molecule has 1 aliphatic rings. The Bertz CT molecular complexity index is 478. The smallest absolute Gasteiger partial charge is 0.306 e. The number of para-hydroxylation sites is 1. The predicted molar refractivity (Wildman–Crippen MR) is 69.8 cm³/mol. The van der Waals surface area contributed by atoms with E-state index in [2.05, 4.69) is 7.05 Å². The number of hydrogen-bond donors (Lipinski definition) is 3. The molecule has 2 rings (SSSR count). The van der Waals surface area contributed by atoms with E-state index in [1.54, 1.807) is 12.1 Å². The summed E-state index contributed by atoms with van der Waals surface area (Å²) in [4.78, 5) is 10.9. The number of nitrogens with zero attached hydrogens (tertiary/aromatic N) is 1. The fourth-order valence-corrected chi connectivity index (χ4v) is 2.71. The van der Waals surface area contributed by atoms with Crippen molar-refractivity contribution < 1.29 is 24.6 Å². The quantitative estimate of drug-likeness (QED) is 0.573. The fraction of sp³-hybridized carbons (Fsp3) is 0.500. The van der Waals surface area contributed by atoms with Gasteiger partial charge in [0.2, 0.25) is 0 Å². The molecule has 104 valence electrons. The highest BCUT2D eigenvalue weighted by molar-refractivity contribution is 5.69. The minimum Gasteiger partial charge on any atom is -0.504 e. The van der Waals surface area contributed by atoms with E-state index in [0.717, 1.165) is 13.1 Å². The topological polar surface area (TPSA) is 77.8 Å². The third-order valence-corrected chi connectivity index (χ3v) is 4.03. The van der Waals surface area contributed by atoms with Crippen LogP contribution in [0.2, 0.25) is 0 Å². The van der Waals surface area contributed by atoms with Gasteiger partial charge in [0, 0.05) is 12.8 Å². The molecule has 0 atom stereocenters. The summed E-state index contributed by atoms with van der Waals surface area (Å²) in [5, 5.41) is 28.3. The summed E-state index contributed by atoms with van der Waals surface area (Å²) in [7, 11) is 2.06. The molecule has 1 fully saturated rings. The predicted octanol–water partition coefficient (Wildman–Crippen LogP) is 1.54. The first kappa shape index (κ1) is 13.7. The van der Waals surface area contributed by atoms with Crippen LogP contribution in [0.15, 0.2) is 18.2 Å². The Morgan fingerprint density at radius 1 is 1.32 bits per heavy atom. The molecule has 0 radical (unpaired) electrons. The van der Waals surface area contributed by atoms with Crippen molar-refractivity contribution in [3.63, 3.8) is 0 Å². The minimum absolute atomic E-state index is 0.0674. The maximum absolute atomic E-state index is 10.9. The molecule has 5 heteroatoms. The van der Waals surface area contributed by atoms with Crippen LogP contribution in [0.5, 0.6) is 11.5 Å². The van der Waals surface area contributed by atoms with Gasteiger partial charge in [0.15, 0.2) is 11.5 Å². The van der Waals surface area contributed by atoms with E-state index >= 15 is 0 Å². The lowest BCUT2D eigenvalue weighted by molar-refractivity contribution is -0.927. The summed E-state index contributed by atoms with van der Waals surface area (Å²) in [6, 6.07) is 4.96. The third kappa shape index (κ3) is 2.98. The zero-order valence-corrected chi connectivity index (χ0v) is 11.0. The first-order valence-electron chi connectivity index (χ1n) is 6.47. The second-order valence-electron chi connectivity index (χ2n) is 5.62. The molecule has 1 saturated heterocycles. The molecule has 0 aromatic heterocycles. The number of phenols is 2. The van der Waals surface area contributed by atoms with Crippen LogP contribution in [-0.2, 0) is 11.3 Å². The van der Waals surface area contributed by atoms with Gasteiger partial charge in [0.05, 0.1) is 31.6 Å². The number of piperidine rings is 1. The van der Waals surface area contributed by atoms with Gasteiger partial charge in [-0.05, 0) is 12.1 Å². The van der Waals surface area contributed by atoms with Crippen molar-refractivity contribution in [2.45, 2.75) is 19.4 Å². The molecule has 0 unspecified atom stereocenters. The third-order valence-electron chi connectivity index (χ3n) is 4.03. The van der Waals surface area contributed by atoms with E-state index in [4.69, 9.17) is 5.11 Å². The number of carboxylic acids is 1. The Morgan fingerprint density at radius 3 is 2.53 bits per heavy atom. The van der Waals surface area contributed by atoms with Gasteiger partial charge < -0.3 is 19.8 Å². The Labute approximate surface area is 112 Å². The van der Waals surface area contributed by atoms with Crippen molar-refractivity contribution in [1.29, 1.82) is 0 Å². The molecular formula is C14H20NO4+. The molecule has 19 heavy (non-hydrogen) atoms. The fourth-order valence-electron chi connectivity index (χ4n) is 2.71. The minimum atomic E-state index is -0.716. The van der Waals surface area contributed by atoms with Crippen molar-refractivity contribution in [1.82, 2.24) is 0 Å². The number of aromatic hydroxyl groups is 2. The SMILES string of the molecule is C[N+]1(Cc2cccc(O)c2O)CCC(C(=O)O)CC1. The number of likely N-dealkylation sites (tertiary alicyclic amines) is 1. The van der Waals surface area contributed by atoms with Crippen LogP contribution in [0, 0.1) is 5.92 Å². The number of benzene rings is 1. The first-order valence-corrected chi connectivity index (χ1v) is 6.47. The summed E-state index contributed by atoms with van der Waals surface area (Å²) in [6.07, 6.45) is 1.32. The summed E-state index contributed by atoms with van der Waals surface area (Å²) < 4.78 is 0.695. The molecule has 0 spiro atoms. The average Bonchev–Trinajstić information content (AvgIpc) is 2.35. The largest absolute Gasteiger partial charge is 0.504 e. The highest BCUT2D eigenvalue weighted by Gasteiger charge is 2.34. The zero-order chi connectivity index (χ0) is 14.0. The molecule has 1 aliphatic heterocycles. The molecule has 1 aromatic rings. The summed E-state index contributed by atoms with van der Waals surface area (Å²) in [5.41, 5.74) is 0.705. The van der Waals surface area contributed by atoms with E-state index < -0.39 is 5.97 Å². The number of carboxylic acid groups (broad SMARTS) is 1. The molecule has 0 aliphatic carbocycles. The van der Waals surface area contributed by atoms with Gasteiger partial charge in [0.25, 0.3) is 0 Å². The maximum atomic E-state index is 10.9. The highest BCUT2D eigenvalue weighted by Crippen LogP contribution is 2.32. The van der Waals surface area contributed by atoms with Gasteiger partial charge in [-0.2, -0.15) is 0 Å². The number of aliphatic carboxylic acids is 1. The van der Waals surface area contributed by atoms with Gasteiger partial charge in [-0.1, -0.05) is 6.07 Å². The van der Waals surface area contributed by atoms with Crippen LogP contribution in [0.3, 0.4) is 0 Å². The number of rotatable bonds is 3. The molecule has 1 heterocycles. The number of carbonyl (C=O) groups is 1. The lowest BCUT2D eigenvalue weighted by Crippen LogP contribution is -2.50. The van der Waals surface area contributed by atoms with Crippen molar-refractivity contribution in [3.05, 3.63) is 23.8 Å².